The second-order valence-electron chi connectivity index (χ2n) is 4.58. The maximum Gasteiger partial charge on any atom is 0.167 e. The van der Waals surface area contributed by atoms with Crippen LogP contribution in [-0.4, -0.2) is 23.4 Å². The first-order valence-corrected chi connectivity index (χ1v) is 7.63. The second-order valence-corrected chi connectivity index (χ2v) is 5.46. The largest absolute Gasteiger partial charge is 0.352 e. The van der Waals surface area contributed by atoms with E-state index in [4.69, 9.17) is 9.47 Å². The standard InChI is InChI=1S/C13H23IO2/c1-5-6-15-13(8-14)16-12-7-9(2)10(3)11(12)4/h9,12-13H,5-8H2,1-4H3. The fraction of sp³-hybridized carbons (Fsp3) is 0.846. The van der Waals surface area contributed by atoms with Crippen LogP contribution >= 0.6 is 22.6 Å². The van der Waals surface area contributed by atoms with Crippen molar-refractivity contribution >= 4 is 22.6 Å². The molecule has 0 radical (unpaired) electrons. The quantitative estimate of drug-likeness (QED) is 0.316. The molecular weight excluding hydrogens is 315 g/mol. The Hall–Kier alpha value is 0.390. The summed E-state index contributed by atoms with van der Waals surface area (Å²) in [6, 6.07) is 0. The summed E-state index contributed by atoms with van der Waals surface area (Å²) >= 11 is 2.33. The molecule has 0 N–H and O–H groups in total. The smallest absolute Gasteiger partial charge is 0.167 e. The molecule has 0 aliphatic heterocycles. The Kier molecular flexibility index (Phi) is 6.29. The van der Waals surface area contributed by atoms with Gasteiger partial charge in [0.15, 0.2) is 6.29 Å². The van der Waals surface area contributed by atoms with Crippen LogP contribution in [0, 0.1) is 5.92 Å². The summed E-state index contributed by atoms with van der Waals surface area (Å²) in [6.07, 6.45) is 2.39. The minimum Gasteiger partial charge on any atom is -0.352 e. The highest BCUT2D eigenvalue weighted by Gasteiger charge is 2.28. The van der Waals surface area contributed by atoms with Crippen LogP contribution in [0.4, 0.5) is 0 Å². The van der Waals surface area contributed by atoms with Gasteiger partial charge in [0.1, 0.15) is 0 Å². The molecule has 0 fully saturated rings. The van der Waals surface area contributed by atoms with E-state index in [0.29, 0.717) is 5.92 Å². The summed E-state index contributed by atoms with van der Waals surface area (Å²) in [5.41, 5.74) is 2.90. The third-order valence-corrected chi connectivity index (χ3v) is 4.08. The van der Waals surface area contributed by atoms with Gasteiger partial charge in [-0.15, -0.1) is 0 Å². The van der Waals surface area contributed by atoms with Gasteiger partial charge in [0.25, 0.3) is 0 Å². The molecule has 3 atom stereocenters. The van der Waals surface area contributed by atoms with Gasteiger partial charge in [-0.2, -0.15) is 0 Å². The highest BCUT2D eigenvalue weighted by atomic mass is 127. The topological polar surface area (TPSA) is 18.5 Å². The molecule has 0 heterocycles. The van der Waals surface area contributed by atoms with Gasteiger partial charge in [0.2, 0.25) is 0 Å². The summed E-state index contributed by atoms with van der Waals surface area (Å²) < 4.78 is 12.6. The van der Waals surface area contributed by atoms with E-state index in [-0.39, 0.29) is 12.4 Å². The van der Waals surface area contributed by atoms with E-state index in [2.05, 4.69) is 50.3 Å². The lowest BCUT2D eigenvalue weighted by Crippen LogP contribution is -2.26. The molecule has 0 aromatic carbocycles. The summed E-state index contributed by atoms with van der Waals surface area (Å²) in [5, 5.41) is 0. The zero-order valence-electron chi connectivity index (χ0n) is 10.8. The molecule has 1 aliphatic rings. The second kappa shape index (κ2) is 6.97. The zero-order valence-corrected chi connectivity index (χ0v) is 12.9. The molecule has 0 spiro atoms. The third kappa shape index (κ3) is 3.70. The van der Waals surface area contributed by atoms with Crippen LogP contribution in [0.2, 0.25) is 0 Å². The minimum atomic E-state index is -0.0430. The fourth-order valence-electron chi connectivity index (χ4n) is 2.03. The summed E-state index contributed by atoms with van der Waals surface area (Å²) in [5.74, 6) is 0.658. The molecule has 0 saturated carbocycles. The number of alkyl halides is 1. The first kappa shape index (κ1) is 14.5. The Morgan fingerprint density at radius 1 is 1.38 bits per heavy atom. The van der Waals surface area contributed by atoms with Crippen molar-refractivity contribution < 1.29 is 9.47 Å². The molecule has 94 valence electrons. The predicted molar refractivity (Wildman–Crippen MR) is 75.9 cm³/mol. The number of rotatable bonds is 6. The van der Waals surface area contributed by atoms with Crippen molar-refractivity contribution in [2.24, 2.45) is 5.92 Å². The number of ether oxygens (including phenoxy) is 2. The van der Waals surface area contributed by atoms with Gasteiger partial charge in [-0.25, -0.2) is 0 Å². The predicted octanol–water partition coefficient (Wildman–Crippen LogP) is 3.94. The Labute approximate surface area is 113 Å². The van der Waals surface area contributed by atoms with E-state index in [1.807, 2.05) is 0 Å². The van der Waals surface area contributed by atoms with E-state index in [0.717, 1.165) is 23.9 Å². The van der Waals surface area contributed by atoms with Crippen molar-refractivity contribution in [3.63, 3.8) is 0 Å². The molecule has 1 rings (SSSR count). The van der Waals surface area contributed by atoms with E-state index in [1.54, 1.807) is 0 Å². The number of hydrogen-bond donors (Lipinski definition) is 0. The molecule has 1 aliphatic carbocycles. The highest BCUT2D eigenvalue weighted by Crippen LogP contribution is 2.34. The number of halogens is 1. The van der Waals surface area contributed by atoms with Crippen LogP contribution in [0.25, 0.3) is 0 Å². The van der Waals surface area contributed by atoms with Crippen LogP contribution in [0.15, 0.2) is 11.1 Å². The first-order chi connectivity index (χ1) is 7.60. The van der Waals surface area contributed by atoms with Gasteiger partial charge in [0, 0.05) is 6.61 Å². The molecule has 0 aromatic heterocycles. The van der Waals surface area contributed by atoms with Gasteiger partial charge in [0.05, 0.1) is 10.5 Å². The molecule has 0 saturated heterocycles. The molecule has 3 heteroatoms. The van der Waals surface area contributed by atoms with Crippen LogP contribution in [0.3, 0.4) is 0 Å². The maximum atomic E-state index is 6.03. The van der Waals surface area contributed by atoms with Crippen LogP contribution in [0.1, 0.15) is 40.5 Å². The van der Waals surface area contributed by atoms with Gasteiger partial charge in [-0.05, 0) is 38.2 Å². The lowest BCUT2D eigenvalue weighted by atomic mass is 10.1. The number of hydrogen-bond acceptors (Lipinski definition) is 2. The third-order valence-electron chi connectivity index (χ3n) is 3.36. The Morgan fingerprint density at radius 3 is 2.50 bits per heavy atom. The molecule has 2 nitrogen and oxygen atoms in total. The van der Waals surface area contributed by atoms with Gasteiger partial charge < -0.3 is 9.47 Å². The van der Waals surface area contributed by atoms with Crippen molar-refractivity contribution in [3.8, 4) is 0 Å². The van der Waals surface area contributed by atoms with Crippen molar-refractivity contribution in [2.45, 2.75) is 52.9 Å². The molecule has 0 amide bonds. The molecule has 0 aromatic rings. The molecule has 3 unspecified atom stereocenters. The molecular formula is C13H23IO2. The lowest BCUT2D eigenvalue weighted by molar-refractivity contribution is -0.146. The van der Waals surface area contributed by atoms with Gasteiger partial charge >= 0.3 is 0 Å². The molecule has 16 heavy (non-hydrogen) atoms. The van der Waals surface area contributed by atoms with E-state index < -0.39 is 0 Å². The Balaban J connectivity index is 2.47. The first-order valence-electron chi connectivity index (χ1n) is 6.10. The monoisotopic (exact) mass is 338 g/mol. The summed E-state index contributed by atoms with van der Waals surface area (Å²) in [6.45, 7) is 9.59. The van der Waals surface area contributed by atoms with Crippen LogP contribution in [-0.2, 0) is 9.47 Å². The maximum absolute atomic E-state index is 6.03. The number of allylic oxidation sites excluding steroid dienone is 1. The average molecular weight is 338 g/mol. The van der Waals surface area contributed by atoms with Crippen LogP contribution < -0.4 is 0 Å². The Bertz CT molecular complexity index is 250. The van der Waals surface area contributed by atoms with E-state index >= 15 is 0 Å². The SMILES string of the molecule is CCCOC(CI)OC1CC(C)C(C)=C1C. The summed E-state index contributed by atoms with van der Waals surface area (Å²) in [4.78, 5) is 0. The van der Waals surface area contributed by atoms with E-state index in [1.165, 1.54) is 11.1 Å². The van der Waals surface area contributed by atoms with Crippen molar-refractivity contribution in [1.29, 1.82) is 0 Å². The fourth-order valence-corrected chi connectivity index (χ4v) is 2.49. The minimum absolute atomic E-state index is 0.0430. The average Bonchev–Trinajstić information content (AvgIpc) is 2.52. The van der Waals surface area contributed by atoms with E-state index in [9.17, 15) is 0 Å². The normalized spacial score (nSPS) is 27.6. The lowest BCUT2D eigenvalue weighted by Gasteiger charge is -2.22. The van der Waals surface area contributed by atoms with Gasteiger partial charge in [-0.1, -0.05) is 42.0 Å². The molecule has 0 bridgehead atoms. The zero-order chi connectivity index (χ0) is 12.1. The highest BCUT2D eigenvalue weighted by molar-refractivity contribution is 14.1. The van der Waals surface area contributed by atoms with Gasteiger partial charge in [-0.3, -0.25) is 0 Å². The van der Waals surface area contributed by atoms with Crippen molar-refractivity contribution in [2.75, 3.05) is 11.0 Å². The Morgan fingerprint density at radius 2 is 2.06 bits per heavy atom. The van der Waals surface area contributed by atoms with Crippen molar-refractivity contribution in [1.82, 2.24) is 0 Å². The summed E-state index contributed by atoms with van der Waals surface area (Å²) in [7, 11) is 0. The van der Waals surface area contributed by atoms with Crippen molar-refractivity contribution in [3.05, 3.63) is 11.1 Å². The van der Waals surface area contributed by atoms with Crippen LogP contribution in [0.5, 0.6) is 0 Å².